The fourth-order valence-electron chi connectivity index (χ4n) is 3.14. The number of anilines is 1. The van der Waals surface area contributed by atoms with Crippen LogP contribution in [0.15, 0.2) is 54.7 Å². The van der Waals surface area contributed by atoms with Gasteiger partial charge in [-0.3, -0.25) is 4.98 Å². The Kier molecular flexibility index (Phi) is 7.48. The van der Waals surface area contributed by atoms with Crippen LogP contribution in [0.25, 0.3) is 22.5 Å². The van der Waals surface area contributed by atoms with Gasteiger partial charge in [-0.25, -0.2) is 4.98 Å². The fourth-order valence-corrected chi connectivity index (χ4v) is 3.39. The molecule has 0 radical (unpaired) electrons. The molecule has 0 amide bonds. The summed E-state index contributed by atoms with van der Waals surface area (Å²) in [5.41, 5.74) is 3.61. The molecule has 0 unspecified atom stereocenters. The van der Waals surface area contributed by atoms with Gasteiger partial charge in [-0.15, -0.1) is 0 Å². The summed E-state index contributed by atoms with van der Waals surface area (Å²) in [4.78, 5) is 14.3. The van der Waals surface area contributed by atoms with Crippen LogP contribution in [0.4, 0.5) is 5.82 Å². The molecule has 0 N–H and O–H groups in total. The lowest BCUT2D eigenvalue weighted by atomic mass is 10.0. The molecule has 0 fully saturated rings. The minimum absolute atomic E-state index is 0.697. The quantitative estimate of drug-likeness (QED) is 0.447. The summed E-state index contributed by atoms with van der Waals surface area (Å²) in [6.45, 7) is 8.33. The molecule has 0 aliphatic rings. The van der Waals surface area contributed by atoms with Gasteiger partial charge in [0.25, 0.3) is 0 Å². The Balaban J connectivity index is 1.97. The number of rotatable bonds is 8. The maximum Gasteiger partial charge on any atom is 0.147 e. The second-order valence-electron chi connectivity index (χ2n) is 6.89. The lowest BCUT2D eigenvalue weighted by molar-refractivity contribution is 0.311. The van der Waals surface area contributed by atoms with Gasteiger partial charge < -0.3 is 9.80 Å². The van der Waals surface area contributed by atoms with Crippen molar-refractivity contribution < 1.29 is 0 Å². The fraction of sp³-hybridized carbons (Fsp3) is 0.304. The van der Waals surface area contributed by atoms with Crippen LogP contribution in [0.5, 0.6) is 0 Å². The Bertz CT molecular complexity index is 923. The van der Waals surface area contributed by atoms with E-state index in [4.69, 9.17) is 33.2 Å². The van der Waals surface area contributed by atoms with Gasteiger partial charge in [-0.05, 0) is 37.4 Å². The van der Waals surface area contributed by atoms with E-state index in [1.165, 1.54) is 0 Å². The van der Waals surface area contributed by atoms with E-state index in [1.54, 1.807) is 0 Å². The van der Waals surface area contributed by atoms with Crippen molar-refractivity contribution in [2.24, 2.45) is 0 Å². The first kappa shape index (κ1) is 21.6. The van der Waals surface area contributed by atoms with Gasteiger partial charge >= 0.3 is 0 Å². The normalized spacial score (nSPS) is 11.1. The first-order valence-corrected chi connectivity index (χ1v) is 10.6. The van der Waals surface area contributed by atoms with Crippen molar-refractivity contribution in [2.75, 3.05) is 38.1 Å². The van der Waals surface area contributed by atoms with Crippen LogP contribution < -0.4 is 4.90 Å². The molecular formula is C23H26Cl2N4. The molecule has 0 aliphatic heterocycles. The summed E-state index contributed by atoms with van der Waals surface area (Å²) in [5.74, 6) is 0.847. The van der Waals surface area contributed by atoms with Crippen molar-refractivity contribution in [1.82, 2.24) is 14.9 Å². The molecule has 0 atom stereocenters. The summed E-state index contributed by atoms with van der Waals surface area (Å²) in [7, 11) is 2.06. The van der Waals surface area contributed by atoms with E-state index in [0.29, 0.717) is 10.0 Å². The largest absolute Gasteiger partial charge is 0.357 e. The van der Waals surface area contributed by atoms with Crippen LogP contribution in [-0.4, -0.2) is 48.1 Å². The highest BCUT2D eigenvalue weighted by molar-refractivity contribution is 6.31. The van der Waals surface area contributed by atoms with Gasteiger partial charge in [0.05, 0.1) is 17.6 Å². The van der Waals surface area contributed by atoms with E-state index < -0.39 is 0 Å². The number of aromatic nitrogens is 2. The smallest absolute Gasteiger partial charge is 0.147 e. The molecule has 3 aromatic rings. The van der Waals surface area contributed by atoms with Crippen LogP contribution in [-0.2, 0) is 0 Å². The third kappa shape index (κ3) is 5.47. The van der Waals surface area contributed by atoms with Crippen molar-refractivity contribution >= 4 is 29.0 Å². The van der Waals surface area contributed by atoms with E-state index in [-0.39, 0.29) is 0 Å². The van der Waals surface area contributed by atoms with Gasteiger partial charge in [-0.1, -0.05) is 61.3 Å². The molecule has 0 saturated carbocycles. The number of benzene rings is 2. The zero-order valence-electron chi connectivity index (χ0n) is 17.1. The monoisotopic (exact) mass is 428 g/mol. The minimum atomic E-state index is 0.697. The molecule has 3 rings (SSSR count). The molecule has 0 saturated heterocycles. The second kappa shape index (κ2) is 10.1. The highest BCUT2D eigenvalue weighted by atomic mass is 35.5. The van der Waals surface area contributed by atoms with Gasteiger partial charge in [0, 0.05) is 41.3 Å². The Labute approximate surface area is 183 Å². The molecule has 4 nitrogen and oxygen atoms in total. The van der Waals surface area contributed by atoms with Crippen molar-refractivity contribution in [3.8, 4) is 22.5 Å². The molecule has 6 heteroatoms. The van der Waals surface area contributed by atoms with Crippen LogP contribution in [0.1, 0.15) is 13.8 Å². The topological polar surface area (TPSA) is 32.3 Å². The van der Waals surface area contributed by atoms with Gasteiger partial charge in [0.15, 0.2) is 0 Å². The van der Waals surface area contributed by atoms with Crippen LogP contribution in [0.3, 0.4) is 0 Å². The van der Waals surface area contributed by atoms with E-state index in [0.717, 1.165) is 54.5 Å². The zero-order valence-corrected chi connectivity index (χ0v) is 18.6. The van der Waals surface area contributed by atoms with Crippen molar-refractivity contribution in [1.29, 1.82) is 0 Å². The lowest BCUT2D eigenvalue weighted by Gasteiger charge is -2.24. The van der Waals surface area contributed by atoms with Crippen LogP contribution in [0, 0.1) is 0 Å². The molecular weight excluding hydrogens is 403 g/mol. The molecule has 29 heavy (non-hydrogen) atoms. The van der Waals surface area contributed by atoms with Crippen LogP contribution in [0.2, 0.25) is 10.0 Å². The van der Waals surface area contributed by atoms with E-state index >= 15 is 0 Å². The molecule has 2 aromatic carbocycles. The standard InChI is InChI=1S/C23H26Cl2N4/c1-4-29(5-2)15-14-28(3)21-16-26-22(17-6-10-19(24)11-7-17)23(27-21)18-8-12-20(25)13-9-18/h6-13,16H,4-5,14-15H2,1-3H3. The molecule has 1 heterocycles. The first-order valence-electron chi connectivity index (χ1n) is 9.84. The molecule has 152 valence electrons. The van der Waals surface area contributed by atoms with Crippen molar-refractivity contribution in [2.45, 2.75) is 13.8 Å². The van der Waals surface area contributed by atoms with E-state index in [2.05, 4.69) is 30.7 Å². The highest BCUT2D eigenvalue weighted by Crippen LogP contribution is 2.31. The maximum atomic E-state index is 6.09. The average Bonchev–Trinajstić information content (AvgIpc) is 2.75. The Hall–Kier alpha value is -2.14. The number of hydrogen-bond acceptors (Lipinski definition) is 4. The van der Waals surface area contributed by atoms with Gasteiger partial charge in [0.1, 0.15) is 5.82 Å². The van der Waals surface area contributed by atoms with Gasteiger partial charge in [0.2, 0.25) is 0 Å². The Morgan fingerprint density at radius 3 is 1.79 bits per heavy atom. The molecule has 0 spiro atoms. The molecule has 0 aliphatic carbocycles. The summed E-state index contributed by atoms with van der Waals surface area (Å²) in [5, 5.41) is 1.39. The number of halogens is 2. The summed E-state index contributed by atoms with van der Waals surface area (Å²) < 4.78 is 0. The average molecular weight is 429 g/mol. The third-order valence-corrected chi connectivity index (χ3v) is 5.54. The first-order chi connectivity index (χ1) is 14.0. The predicted octanol–water partition coefficient (Wildman–Crippen LogP) is 5.90. The van der Waals surface area contributed by atoms with Crippen molar-refractivity contribution in [3.05, 3.63) is 64.8 Å². The number of likely N-dealkylation sites (N-methyl/N-ethyl adjacent to an activating group) is 2. The molecule has 0 bridgehead atoms. The maximum absolute atomic E-state index is 6.09. The summed E-state index contributed by atoms with van der Waals surface area (Å²) in [6, 6.07) is 15.4. The summed E-state index contributed by atoms with van der Waals surface area (Å²) >= 11 is 12.2. The molecule has 1 aromatic heterocycles. The number of hydrogen-bond donors (Lipinski definition) is 0. The summed E-state index contributed by atoms with van der Waals surface area (Å²) in [6.07, 6.45) is 1.84. The zero-order chi connectivity index (χ0) is 20.8. The van der Waals surface area contributed by atoms with Crippen LogP contribution >= 0.6 is 23.2 Å². The third-order valence-electron chi connectivity index (χ3n) is 5.03. The van der Waals surface area contributed by atoms with Gasteiger partial charge in [-0.2, -0.15) is 0 Å². The minimum Gasteiger partial charge on any atom is -0.357 e. The Morgan fingerprint density at radius 2 is 1.28 bits per heavy atom. The Morgan fingerprint density at radius 1 is 0.759 bits per heavy atom. The van der Waals surface area contributed by atoms with E-state index in [9.17, 15) is 0 Å². The highest BCUT2D eigenvalue weighted by Gasteiger charge is 2.15. The number of nitrogens with zero attached hydrogens (tertiary/aromatic N) is 4. The van der Waals surface area contributed by atoms with Crippen molar-refractivity contribution in [3.63, 3.8) is 0 Å². The SMILES string of the molecule is CCN(CC)CCN(C)c1cnc(-c2ccc(Cl)cc2)c(-c2ccc(Cl)cc2)n1. The predicted molar refractivity (Wildman–Crippen MR) is 124 cm³/mol. The lowest BCUT2D eigenvalue weighted by Crippen LogP contribution is -2.33. The van der Waals surface area contributed by atoms with E-state index in [1.807, 2.05) is 54.7 Å². The second-order valence-corrected chi connectivity index (χ2v) is 7.76.